The molecular formula is C11H17ClN2O2. The van der Waals surface area contributed by atoms with Gasteiger partial charge in [0.15, 0.2) is 11.5 Å². The molecule has 0 radical (unpaired) electrons. The molecule has 0 aliphatic carbocycles. The maximum atomic E-state index is 6.21. The molecule has 1 N–H and O–H groups in total. The Morgan fingerprint density at radius 1 is 1.25 bits per heavy atom. The largest absolute Gasteiger partial charge is 0.493 e. The van der Waals surface area contributed by atoms with Gasteiger partial charge >= 0.3 is 0 Å². The summed E-state index contributed by atoms with van der Waals surface area (Å²) in [6.07, 6.45) is 0. The fourth-order valence-corrected chi connectivity index (χ4v) is 1.61. The van der Waals surface area contributed by atoms with Crippen molar-refractivity contribution in [3.05, 3.63) is 22.7 Å². The van der Waals surface area contributed by atoms with Gasteiger partial charge in [-0.25, -0.2) is 0 Å². The minimum Gasteiger partial charge on any atom is -0.493 e. The Bertz CT molecular complexity index is 356. The summed E-state index contributed by atoms with van der Waals surface area (Å²) in [6, 6.07) is 3.76. The lowest BCUT2D eigenvalue weighted by atomic mass is 10.2. The highest BCUT2D eigenvalue weighted by molar-refractivity contribution is 6.33. The van der Waals surface area contributed by atoms with E-state index in [-0.39, 0.29) is 0 Å². The van der Waals surface area contributed by atoms with Crippen molar-refractivity contribution in [3.63, 3.8) is 0 Å². The van der Waals surface area contributed by atoms with E-state index in [4.69, 9.17) is 21.1 Å². The molecular weight excluding hydrogens is 228 g/mol. The number of rotatable bonds is 5. The number of hydrazine groups is 1. The van der Waals surface area contributed by atoms with Crippen molar-refractivity contribution in [2.24, 2.45) is 0 Å². The molecule has 0 fully saturated rings. The molecule has 90 valence electrons. The van der Waals surface area contributed by atoms with E-state index in [1.807, 2.05) is 31.2 Å². The van der Waals surface area contributed by atoms with Crippen LogP contribution in [0.15, 0.2) is 12.1 Å². The summed E-state index contributed by atoms with van der Waals surface area (Å²) in [7, 11) is 7.02. The minimum absolute atomic E-state index is 0.572. The van der Waals surface area contributed by atoms with Crippen molar-refractivity contribution in [3.8, 4) is 11.5 Å². The Hall–Kier alpha value is -0.970. The monoisotopic (exact) mass is 244 g/mol. The zero-order chi connectivity index (χ0) is 12.1. The lowest BCUT2D eigenvalue weighted by Gasteiger charge is -2.15. The minimum atomic E-state index is 0.572. The smallest absolute Gasteiger partial charge is 0.179 e. The van der Waals surface area contributed by atoms with Gasteiger partial charge in [0.05, 0.1) is 19.2 Å². The van der Waals surface area contributed by atoms with Crippen molar-refractivity contribution in [1.82, 2.24) is 10.4 Å². The Morgan fingerprint density at radius 2 is 1.94 bits per heavy atom. The van der Waals surface area contributed by atoms with Gasteiger partial charge in [0.25, 0.3) is 0 Å². The van der Waals surface area contributed by atoms with Crippen molar-refractivity contribution in [2.45, 2.75) is 6.54 Å². The summed E-state index contributed by atoms with van der Waals surface area (Å²) in [5, 5.41) is 2.45. The maximum absolute atomic E-state index is 6.21. The van der Waals surface area contributed by atoms with Gasteiger partial charge in [-0.15, -0.1) is 0 Å². The molecule has 0 unspecified atom stereocenters. The van der Waals surface area contributed by atoms with E-state index in [0.29, 0.717) is 23.1 Å². The lowest BCUT2D eigenvalue weighted by molar-refractivity contribution is 0.285. The predicted molar refractivity (Wildman–Crippen MR) is 65.1 cm³/mol. The highest BCUT2D eigenvalue weighted by Crippen LogP contribution is 2.37. The van der Waals surface area contributed by atoms with Gasteiger partial charge in [-0.1, -0.05) is 17.7 Å². The van der Waals surface area contributed by atoms with Crippen LogP contribution in [-0.2, 0) is 6.54 Å². The Morgan fingerprint density at radius 3 is 2.44 bits per heavy atom. The van der Waals surface area contributed by atoms with Gasteiger partial charge < -0.3 is 9.47 Å². The third-order valence-electron chi connectivity index (χ3n) is 2.15. The fourth-order valence-electron chi connectivity index (χ4n) is 1.31. The van der Waals surface area contributed by atoms with Crippen molar-refractivity contribution < 1.29 is 9.47 Å². The normalized spacial score (nSPS) is 10.6. The SMILES string of the molecule is COc1ccc(CNN(C)C)c(Cl)c1OC. The molecule has 1 aromatic carbocycles. The number of nitrogens with one attached hydrogen (secondary N) is 1. The van der Waals surface area contributed by atoms with Crippen LogP contribution in [0.3, 0.4) is 0 Å². The summed E-state index contributed by atoms with van der Waals surface area (Å²) < 4.78 is 10.4. The first kappa shape index (κ1) is 13.1. The quantitative estimate of drug-likeness (QED) is 0.803. The number of methoxy groups -OCH3 is 2. The second-order valence-corrected chi connectivity index (χ2v) is 3.88. The summed E-state index contributed by atoms with van der Waals surface area (Å²) in [6.45, 7) is 0.645. The zero-order valence-electron chi connectivity index (χ0n) is 10.0. The molecule has 0 amide bonds. The van der Waals surface area contributed by atoms with E-state index in [2.05, 4.69) is 5.43 Å². The van der Waals surface area contributed by atoms with Gasteiger partial charge in [0.1, 0.15) is 0 Å². The van der Waals surface area contributed by atoms with E-state index < -0.39 is 0 Å². The summed E-state index contributed by atoms with van der Waals surface area (Å²) in [5.41, 5.74) is 4.11. The number of nitrogens with zero attached hydrogens (tertiary/aromatic N) is 1. The maximum Gasteiger partial charge on any atom is 0.179 e. The second-order valence-electron chi connectivity index (χ2n) is 3.50. The average molecular weight is 245 g/mol. The molecule has 1 aromatic rings. The summed E-state index contributed by atoms with van der Waals surface area (Å²) >= 11 is 6.21. The average Bonchev–Trinajstić information content (AvgIpc) is 2.26. The second kappa shape index (κ2) is 5.94. The molecule has 0 aliphatic rings. The third kappa shape index (κ3) is 3.01. The van der Waals surface area contributed by atoms with Crippen LogP contribution in [0.2, 0.25) is 5.02 Å². The Kier molecular flexibility index (Phi) is 4.86. The van der Waals surface area contributed by atoms with Crippen molar-refractivity contribution >= 4 is 11.6 Å². The van der Waals surface area contributed by atoms with Gasteiger partial charge in [0, 0.05) is 20.6 Å². The Labute approximate surface area is 101 Å². The van der Waals surface area contributed by atoms with E-state index >= 15 is 0 Å². The van der Waals surface area contributed by atoms with Crippen molar-refractivity contribution in [1.29, 1.82) is 0 Å². The van der Waals surface area contributed by atoms with Gasteiger partial charge in [-0.05, 0) is 11.6 Å². The molecule has 0 atom stereocenters. The van der Waals surface area contributed by atoms with Gasteiger partial charge in [0.2, 0.25) is 0 Å². The molecule has 0 bridgehead atoms. The molecule has 0 aliphatic heterocycles. The van der Waals surface area contributed by atoms with E-state index in [0.717, 1.165) is 5.56 Å². The van der Waals surface area contributed by atoms with Crippen LogP contribution < -0.4 is 14.9 Å². The van der Waals surface area contributed by atoms with Crippen LogP contribution in [0.25, 0.3) is 0 Å². The first-order valence-electron chi connectivity index (χ1n) is 4.90. The zero-order valence-corrected chi connectivity index (χ0v) is 10.8. The topological polar surface area (TPSA) is 33.7 Å². The lowest BCUT2D eigenvalue weighted by Crippen LogP contribution is -2.29. The highest BCUT2D eigenvalue weighted by Gasteiger charge is 2.12. The van der Waals surface area contributed by atoms with Crippen LogP contribution in [-0.4, -0.2) is 33.3 Å². The summed E-state index contributed by atoms with van der Waals surface area (Å²) in [5.74, 6) is 1.21. The summed E-state index contributed by atoms with van der Waals surface area (Å²) in [4.78, 5) is 0. The van der Waals surface area contributed by atoms with Crippen LogP contribution in [0.5, 0.6) is 11.5 Å². The molecule has 0 aromatic heterocycles. The molecule has 0 spiro atoms. The van der Waals surface area contributed by atoms with Crippen LogP contribution >= 0.6 is 11.6 Å². The predicted octanol–water partition coefficient (Wildman–Crippen LogP) is 1.92. The number of benzene rings is 1. The van der Waals surface area contributed by atoms with E-state index in [9.17, 15) is 0 Å². The number of halogens is 1. The van der Waals surface area contributed by atoms with Gasteiger partial charge in [-0.2, -0.15) is 0 Å². The fraction of sp³-hybridized carbons (Fsp3) is 0.455. The van der Waals surface area contributed by atoms with Crippen molar-refractivity contribution in [2.75, 3.05) is 28.3 Å². The molecule has 0 heterocycles. The number of ether oxygens (including phenoxy) is 2. The molecule has 4 nitrogen and oxygen atoms in total. The Balaban J connectivity index is 2.95. The number of hydrogen-bond acceptors (Lipinski definition) is 4. The molecule has 0 saturated carbocycles. The third-order valence-corrected chi connectivity index (χ3v) is 2.57. The molecule has 0 saturated heterocycles. The first-order chi connectivity index (χ1) is 7.60. The van der Waals surface area contributed by atoms with E-state index in [1.165, 1.54) is 0 Å². The number of hydrogen-bond donors (Lipinski definition) is 1. The first-order valence-corrected chi connectivity index (χ1v) is 5.28. The van der Waals surface area contributed by atoms with Crippen LogP contribution in [0.4, 0.5) is 0 Å². The molecule has 1 rings (SSSR count). The molecule has 5 heteroatoms. The molecule has 16 heavy (non-hydrogen) atoms. The van der Waals surface area contributed by atoms with Crippen LogP contribution in [0.1, 0.15) is 5.56 Å². The van der Waals surface area contributed by atoms with E-state index in [1.54, 1.807) is 14.2 Å². The standard InChI is InChI=1S/C11H17ClN2O2/c1-14(2)13-7-8-5-6-9(15-3)11(16-4)10(8)12/h5-6,13H,7H2,1-4H3. The highest BCUT2D eigenvalue weighted by atomic mass is 35.5. The van der Waals surface area contributed by atoms with Gasteiger partial charge in [-0.3, -0.25) is 10.4 Å². The van der Waals surface area contributed by atoms with Crippen LogP contribution in [0, 0.1) is 0 Å².